The number of hydrogen-bond donors (Lipinski definition) is 0. The van der Waals surface area contributed by atoms with Crippen LogP contribution in [0, 0.1) is 6.92 Å². The molecule has 0 saturated carbocycles. The third-order valence-electron chi connectivity index (χ3n) is 1.08. The van der Waals surface area contributed by atoms with Gasteiger partial charge in [0, 0.05) is 0 Å². The summed E-state index contributed by atoms with van der Waals surface area (Å²) in [5.41, 5.74) is 1.91. The number of aryl methyl sites for hydroxylation is 1. The molecule has 0 amide bonds. The Kier molecular flexibility index (Phi) is 6.09. The fourth-order valence-electron chi connectivity index (χ4n) is 0.549. The summed E-state index contributed by atoms with van der Waals surface area (Å²) < 4.78 is 17.6. The summed E-state index contributed by atoms with van der Waals surface area (Å²) in [4.78, 5) is 0. The van der Waals surface area contributed by atoms with Crippen molar-refractivity contribution in [2.24, 2.45) is 0 Å². The Morgan fingerprint density at radius 2 is 2.08 bits per heavy atom. The second kappa shape index (κ2) is 6.67. The zero-order valence-electron chi connectivity index (χ0n) is 7.12. The van der Waals surface area contributed by atoms with Gasteiger partial charge in [-0.25, -0.2) is 0 Å². The molecule has 0 fully saturated rings. The van der Waals surface area contributed by atoms with Gasteiger partial charge in [0.15, 0.2) is 0 Å². The van der Waals surface area contributed by atoms with Crippen LogP contribution in [0.1, 0.15) is 11.4 Å². The minimum Gasteiger partial charge on any atom is -0.255 e. The van der Waals surface area contributed by atoms with Gasteiger partial charge < -0.3 is 0 Å². The molecule has 1 heterocycles. The molecule has 66 valence electrons. The standard InChI is InChI=1S/C7H8N2S.CH3F/c1-3-4-5-7-6(2)8-10-9-7;1-2/h3-5H,1H2,2H3;1H3/b5-4-;. The molecule has 1 rings (SSSR count). The van der Waals surface area contributed by atoms with Crippen molar-refractivity contribution in [3.8, 4) is 0 Å². The van der Waals surface area contributed by atoms with Gasteiger partial charge in [0.2, 0.25) is 0 Å². The minimum atomic E-state index is 0.500. The molecule has 0 aliphatic rings. The first-order valence-corrected chi connectivity index (χ1v) is 4.03. The molecule has 0 saturated heterocycles. The smallest absolute Gasteiger partial charge is 0.0998 e. The van der Waals surface area contributed by atoms with Gasteiger partial charge in [-0.2, -0.15) is 8.75 Å². The first-order chi connectivity index (χ1) is 5.84. The summed E-state index contributed by atoms with van der Waals surface area (Å²) in [7, 11) is 0.500. The summed E-state index contributed by atoms with van der Waals surface area (Å²) in [6.45, 7) is 5.49. The van der Waals surface area contributed by atoms with E-state index in [1.165, 1.54) is 11.7 Å². The van der Waals surface area contributed by atoms with E-state index in [1.807, 2.05) is 19.1 Å². The molecule has 0 aliphatic heterocycles. The Bertz CT molecular complexity index is 255. The molecule has 0 aromatic carbocycles. The van der Waals surface area contributed by atoms with Crippen molar-refractivity contribution in [3.05, 3.63) is 30.1 Å². The van der Waals surface area contributed by atoms with E-state index in [9.17, 15) is 4.39 Å². The lowest BCUT2D eigenvalue weighted by Gasteiger charge is -1.81. The number of halogens is 1. The Labute approximate surface area is 75.8 Å². The highest BCUT2D eigenvalue weighted by molar-refractivity contribution is 6.99. The fraction of sp³-hybridized carbons (Fsp3) is 0.250. The SMILES string of the molecule is C=C/C=C\c1nsnc1C.CF. The molecule has 0 aliphatic carbocycles. The third kappa shape index (κ3) is 3.39. The van der Waals surface area contributed by atoms with Crippen LogP contribution in [0.25, 0.3) is 6.08 Å². The van der Waals surface area contributed by atoms with Crippen LogP contribution in [0.4, 0.5) is 4.39 Å². The van der Waals surface area contributed by atoms with Crippen LogP contribution in [-0.4, -0.2) is 15.9 Å². The van der Waals surface area contributed by atoms with E-state index in [0.717, 1.165) is 11.4 Å². The second-order valence-corrected chi connectivity index (χ2v) is 2.36. The molecule has 4 heteroatoms. The van der Waals surface area contributed by atoms with Crippen molar-refractivity contribution in [3.63, 3.8) is 0 Å². The Hall–Kier alpha value is -1.03. The first-order valence-electron chi connectivity index (χ1n) is 3.30. The van der Waals surface area contributed by atoms with Gasteiger partial charge in [-0.05, 0) is 13.0 Å². The largest absolute Gasteiger partial charge is 0.255 e. The van der Waals surface area contributed by atoms with Crippen LogP contribution in [0.5, 0.6) is 0 Å². The van der Waals surface area contributed by atoms with E-state index in [0.29, 0.717) is 7.18 Å². The van der Waals surface area contributed by atoms with Gasteiger partial charge in [0.1, 0.15) is 0 Å². The predicted octanol–water partition coefficient (Wildman–Crippen LogP) is 2.63. The molecule has 0 atom stereocenters. The van der Waals surface area contributed by atoms with Gasteiger partial charge >= 0.3 is 0 Å². The molecule has 0 spiro atoms. The first kappa shape index (κ1) is 11.0. The molecule has 0 radical (unpaired) electrons. The number of allylic oxidation sites excluding steroid dienone is 2. The van der Waals surface area contributed by atoms with Crippen molar-refractivity contribution in [2.75, 3.05) is 7.18 Å². The molecular formula is C8H11FN2S. The number of alkyl halides is 1. The lowest BCUT2D eigenvalue weighted by molar-refractivity contribution is 0.636. The number of rotatable bonds is 2. The molecule has 1 aromatic heterocycles. The molecule has 0 unspecified atom stereocenters. The van der Waals surface area contributed by atoms with E-state index < -0.39 is 0 Å². The maximum Gasteiger partial charge on any atom is 0.0998 e. The van der Waals surface area contributed by atoms with E-state index in [4.69, 9.17) is 0 Å². The highest BCUT2D eigenvalue weighted by Crippen LogP contribution is 2.05. The maximum absolute atomic E-state index is 9.50. The third-order valence-corrected chi connectivity index (χ3v) is 1.71. The fourth-order valence-corrected chi connectivity index (χ4v) is 1.09. The van der Waals surface area contributed by atoms with Gasteiger partial charge in [-0.15, -0.1) is 0 Å². The molecule has 1 aromatic rings. The topological polar surface area (TPSA) is 25.8 Å². The lowest BCUT2D eigenvalue weighted by Crippen LogP contribution is -1.74. The van der Waals surface area contributed by atoms with E-state index in [-0.39, 0.29) is 0 Å². The highest BCUT2D eigenvalue weighted by Gasteiger charge is 1.95. The van der Waals surface area contributed by atoms with Crippen LogP contribution in [0.15, 0.2) is 18.7 Å². The highest BCUT2D eigenvalue weighted by atomic mass is 32.1. The Morgan fingerprint density at radius 1 is 1.42 bits per heavy atom. The van der Waals surface area contributed by atoms with E-state index >= 15 is 0 Å². The van der Waals surface area contributed by atoms with Crippen molar-refractivity contribution in [2.45, 2.75) is 6.92 Å². The Balaban J connectivity index is 0.000000561. The molecule has 12 heavy (non-hydrogen) atoms. The van der Waals surface area contributed by atoms with Crippen LogP contribution in [0.2, 0.25) is 0 Å². The van der Waals surface area contributed by atoms with Gasteiger partial charge in [-0.1, -0.05) is 18.7 Å². The summed E-state index contributed by atoms with van der Waals surface area (Å²) in [6.07, 6.45) is 5.47. The number of hydrogen-bond acceptors (Lipinski definition) is 3. The zero-order valence-corrected chi connectivity index (χ0v) is 7.94. The van der Waals surface area contributed by atoms with Crippen molar-refractivity contribution in [1.29, 1.82) is 0 Å². The van der Waals surface area contributed by atoms with Crippen molar-refractivity contribution < 1.29 is 4.39 Å². The molecule has 2 nitrogen and oxygen atoms in total. The zero-order chi connectivity index (χ0) is 9.40. The monoisotopic (exact) mass is 186 g/mol. The predicted molar refractivity (Wildman–Crippen MR) is 50.9 cm³/mol. The number of nitrogens with zero attached hydrogens (tertiary/aromatic N) is 2. The quantitative estimate of drug-likeness (QED) is 0.663. The molecule has 0 N–H and O–H groups in total. The Morgan fingerprint density at radius 3 is 2.50 bits per heavy atom. The van der Waals surface area contributed by atoms with Crippen LogP contribution in [-0.2, 0) is 0 Å². The van der Waals surface area contributed by atoms with Crippen LogP contribution >= 0.6 is 11.7 Å². The minimum absolute atomic E-state index is 0.500. The summed E-state index contributed by atoms with van der Waals surface area (Å²) in [5.74, 6) is 0. The second-order valence-electron chi connectivity index (χ2n) is 1.83. The molecule has 0 bridgehead atoms. The van der Waals surface area contributed by atoms with E-state index in [1.54, 1.807) is 6.08 Å². The normalized spacial score (nSPS) is 9.25. The van der Waals surface area contributed by atoms with Gasteiger partial charge in [0.05, 0.1) is 30.3 Å². The van der Waals surface area contributed by atoms with E-state index in [2.05, 4.69) is 15.3 Å². The number of aromatic nitrogens is 2. The van der Waals surface area contributed by atoms with Crippen molar-refractivity contribution in [1.82, 2.24) is 8.75 Å². The maximum atomic E-state index is 9.50. The average Bonchev–Trinajstić information content (AvgIpc) is 2.51. The summed E-state index contributed by atoms with van der Waals surface area (Å²) in [5, 5.41) is 0. The van der Waals surface area contributed by atoms with Gasteiger partial charge in [0.25, 0.3) is 0 Å². The van der Waals surface area contributed by atoms with Crippen LogP contribution in [0.3, 0.4) is 0 Å². The van der Waals surface area contributed by atoms with Crippen LogP contribution < -0.4 is 0 Å². The summed E-state index contributed by atoms with van der Waals surface area (Å²) >= 11 is 1.23. The van der Waals surface area contributed by atoms with Crippen molar-refractivity contribution >= 4 is 17.8 Å². The average molecular weight is 186 g/mol. The summed E-state index contributed by atoms with van der Waals surface area (Å²) in [6, 6.07) is 0. The molecular weight excluding hydrogens is 175 g/mol. The lowest BCUT2D eigenvalue weighted by atomic mass is 10.3. The van der Waals surface area contributed by atoms with Gasteiger partial charge in [-0.3, -0.25) is 4.39 Å².